The first-order chi connectivity index (χ1) is 11.7. The maximum atomic E-state index is 6.22. The zero-order chi connectivity index (χ0) is 16.5. The highest BCUT2D eigenvalue weighted by molar-refractivity contribution is 6.35. The highest BCUT2D eigenvalue weighted by Gasteiger charge is 2.32. The second-order valence-corrected chi connectivity index (χ2v) is 6.67. The van der Waals surface area contributed by atoms with E-state index in [1.807, 2.05) is 24.3 Å². The number of benzene rings is 1. The van der Waals surface area contributed by atoms with E-state index in [0.29, 0.717) is 21.8 Å². The first kappa shape index (κ1) is 15.6. The van der Waals surface area contributed by atoms with Crippen LogP contribution < -0.4 is 0 Å². The van der Waals surface area contributed by atoms with Crippen molar-refractivity contribution in [3.8, 4) is 11.4 Å². The second-order valence-electron chi connectivity index (χ2n) is 5.82. The molecule has 0 aliphatic carbocycles. The molecule has 0 radical (unpaired) electrons. The van der Waals surface area contributed by atoms with Gasteiger partial charge in [0.05, 0.1) is 5.92 Å². The Kier molecular flexibility index (Phi) is 4.22. The number of nitrogens with zero attached hydrogens (tertiary/aromatic N) is 4. The number of likely N-dealkylation sites (tertiary alicyclic amines) is 1. The standard InChI is InChI=1S/C17H14Cl2N4O/c18-14-4-3-12(15(19)6-14)8-23-9-13(10-23)17-21-16(22-24-17)11-2-1-5-20-7-11/h1-7,13H,8-10H2. The molecule has 4 rings (SSSR count). The summed E-state index contributed by atoms with van der Waals surface area (Å²) in [5.74, 6) is 1.51. The molecule has 0 bridgehead atoms. The first-order valence-electron chi connectivity index (χ1n) is 7.59. The molecule has 1 saturated heterocycles. The van der Waals surface area contributed by atoms with Crippen LogP contribution in [-0.2, 0) is 6.54 Å². The molecule has 0 unspecified atom stereocenters. The molecule has 0 spiro atoms. The summed E-state index contributed by atoms with van der Waals surface area (Å²) >= 11 is 12.1. The predicted octanol–water partition coefficient (Wildman–Crippen LogP) is 4.04. The van der Waals surface area contributed by atoms with Gasteiger partial charge >= 0.3 is 0 Å². The largest absolute Gasteiger partial charge is 0.339 e. The Morgan fingerprint density at radius 2 is 2.08 bits per heavy atom. The van der Waals surface area contributed by atoms with Crippen molar-refractivity contribution in [2.45, 2.75) is 12.5 Å². The van der Waals surface area contributed by atoms with Crippen LogP contribution in [0.2, 0.25) is 10.0 Å². The molecule has 1 aliphatic rings. The summed E-state index contributed by atoms with van der Waals surface area (Å²) in [6.45, 7) is 2.53. The second kappa shape index (κ2) is 6.51. The lowest BCUT2D eigenvalue weighted by Gasteiger charge is -2.37. The molecule has 3 aromatic rings. The minimum absolute atomic E-state index is 0.258. The van der Waals surface area contributed by atoms with Gasteiger partial charge in [-0.25, -0.2) is 0 Å². The van der Waals surface area contributed by atoms with Crippen LogP contribution in [-0.4, -0.2) is 33.1 Å². The van der Waals surface area contributed by atoms with Gasteiger partial charge in [-0.05, 0) is 29.8 Å². The SMILES string of the molecule is Clc1ccc(CN2CC(c3nc(-c4cccnc4)no3)C2)c(Cl)c1. The number of pyridine rings is 1. The fourth-order valence-corrected chi connectivity index (χ4v) is 3.23. The van der Waals surface area contributed by atoms with E-state index >= 15 is 0 Å². The third-order valence-electron chi connectivity index (χ3n) is 4.08. The summed E-state index contributed by atoms with van der Waals surface area (Å²) in [5, 5.41) is 5.39. The average molecular weight is 361 g/mol. The van der Waals surface area contributed by atoms with Gasteiger partial charge in [0.2, 0.25) is 11.7 Å². The molecule has 1 aliphatic heterocycles. The zero-order valence-corrected chi connectivity index (χ0v) is 14.2. The van der Waals surface area contributed by atoms with Crippen molar-refractivity contribution in [2.75, 3.05) is 13.1 Å². The molecule has 0 atom stereocenters. The predicted molar refractivity (Wildman–Crippen MR) is 92.0 cm³/mol. The molecule has 0 saturated carbocycles. The fraction of sp³-hybridized carbons (Fsp3) is 0.235. The van der Waals surface area contributed by atoms with Gasteiger partial charge in [0.1, 0.15) is 0 Å². The number of halogens is 2. The Hall–Kier alpha value is -1.95. The summed E-state index contributed by atoms with van der Waals surface area (Å²) in [4.78, 5) is 10.8. The quantitative estimate of drug-likeness (QED) is 0.702. The minimum Gasteiger partial charge on any atom is -0.339 e. The van der Waals surface area contributed by atoms with Crippen molar-refractivity contribution in [2.24, 2.45) is 0 Å². The Balaban J connectivity index is 1.38. The van der Waals surface area contributed by atoms with Crippen molar-refractivity contribution >= 4 is 23.2 Å². The summed E-state index contributed by atoms with van der Waals surface area (Å²) in [7, 11) is 0. The summed E-state index contributed by atoms with van der Waals surface area (Å²) < 4.78 is 5.40. The van der Waals surface area contributed by atoms with Gasteiger partial charge in [-0.1, -0.05) is 34.4 Å². The number of hydrogen-bond acceptors (Lipinski definition) is 5. The highest BCUT2D eigenvalue weighted by atomic mass is 35.5. The molecule has 1 fully saturated rings. The maximum Gasteiger partial charge on any atom is 0.232 e. The molecule has 122 valence electrons. The van der Waals surface area contributed by atoms with Crippen LogP contribution in [0.25, 0.3) is 11.4 Å². The molecule has 7 heteroatoms. The number of rotatable bonds is 4. The lowest BCUT2D eigenvalue weighted by molar-refractivity contribution is 0.117. The maximum absolute atomic E-state index is 6.22. The van der Waals surface area contributed by atoms with E-state index in [1.165, 1.54) is 0 Å². The topological polar surface area (TPSA) is 55.1 Å². The molecular weight excluding hydrogens is 347 g/mol. The van der Waals surface area contributed by atoms with Crippen LogP contribution >= 0.6 is 23.2 Å². The monoisotopic (exact) mass is 360 g/mol. The molecule has 5 nitrogen and oxygen atoms in total. The van der Waals surface area contributed by atoms with Gasteiger partial charge in [0.25, 0.3) is 0 Å². The lowest BCUT2D eigenvalue weighted by atomic mass is 9.99. The molecular formula is C17H14Cl2N4O. The normalized spacial score (nSPS) is 15.4. The van der Waals surface area contributed by atoms with Crippen LogP contribution in [0.1, 0.15) is 17.4 Å². The number of aromatic nitrogens is 3. The molecule has 0 N–H and O–H groups in total. The van der Waals surface area contributed by atoms with Crippen molar-refractivity contribution in [1.29, 1.82) is 0 Å². The van der Waals surface area contributed by atoms with Crippen LogP contribution in [0.5, 0.6) is 0 Å². The summed E-state index contributed by atoms with van der Waals surface area (Å²) in [6, 6.07) is 9.36. The highest BCUT2D eigenvalue weighted by Crippen LogP contribution is 2.30. The average Bonchev–Trinajstić information content (AvgIpc) is 3.02. The van der Waals surface area contributed by atoms with E-state index in [4.69, 9.17) is 27.7 Å². The van der Waals surface area contributed by atoms with Gasteiger partial charge in [-0.3, -0.25) is 9.88 Å². The minimum atomic E-state index is 0.258. The van der Waals surface area contributed by atoms with E-state index in [9.17, 15) is 0 Å². The van der Waals surface area contributed by atoms with E-state index in [2.05, 4.69) is 20.0 Å². The Labute approximate surface area is 149 Å². The van der Waals surface area contributed by atoms with Gasteiger partial charge < -0.3 is 4.52 Å². The number of hydrogen-bond donors (Lipinski definition) is 0. The molecule has 2 aromatic heterocycles. The van der Waals surface area contributed by atoms with E-state index in [-0.39, 0.29) is 5.92 Å². The summed E-state index contributed by atoms with van der Waals surface area (Å²) in [5.41, 5.74) is 1.93. The first-order valence-corrected chi connectivity index (χ1v) is 8.35. The molecule has 1 aromatic carbocycles. The third-order valence-corrected chi connectivity index (χ3v) is 4.66. The van der Waals surface area contributed by atoms with Crippen LogP contribution in [0.15, 0.2) is 47.2 Å². The fourth-order valence-electron chi connectivity index (χ4n) is 2.76. The van der Waals surface area contributed by atoms with Gasteiger partial charge in [-0.2, -0.15) is 4.98 Å². The van der Waals surface area contributed by atoms with Gasteiger partial charge in [-0.15, -0.1) is 0 Å². The van der Waals surface area contributed by atoms with Crippen molar-refractivity contribution in [3.63, 3.8) is 0 Å². The van der Waals surface area contributed by atoms with Crippen LogP contribution in [0.4, 0.5) is 0 Å². The lowest BCUT2D eigenvalue weighted by Crippen LogP contribution is -2.44. The van der Waals surface area contributed by atoms with E-state index in [1.54, 1.807) is 18.5 Å². The third kappa shape index (κ3) is 3.15. The van der Waals surface area contributed by atoms with E-state index in [0.717, 1.165) is 30.8 Å². The van der Waals surface area contributed by atoms with Crippen LogP contribution in [0.3, 0.4) is 0 Å². The van der Waals surface area contributed by atoms with E-state index < -0.39 is 0 Å². The smallest absolute Gasteiger partial charge is 0.232 e. The molecule has 0 amide bonds. The Morgan fingerprint density at radius 1 is 1.21 bits per heavy atom. The van der Waals surface area contributed by atoms with Gasteiger partial charge in [0, 0.05) is 47.6 Å². The van der Waals surface area contributed by atoms with Crippen molar-refractivity contribution in [3.05, 3.63) is 64.2 Å². The molecule has 3 heterocycles. The summed E-state index contributed by atoms with van der Waals surface area (Å²) in [6.07, 6.45) is 3.44. The van der Waals surface area contributed by atoms with Gasteiger partial charge in [0.15, 0.2) is 0 Å². The van der Waals surface area contributed by atoms with Crippen molar-refractivity contribution < 1.29 is 4.52 Å². The van der Waals surface area contributed by atoms with Crippen LogP contribution in [0, 0.1) is 0 Å². The Morgan fingerprint density at radius 3 is 2.83 bits per heavy atom. The Bertz CT molecular complexity index is 847. The molecule has 24 heavy (non-hydrogen) atoms. The van der Waals surface area contributed by atoms with Crippen molar-refractivity contribution in [1.82, 2.24) is 20.0 Å². The zero-order valence-electron chi connectivity index (χ0n) is 12.7.